The van der Waals surface area contributed by atoms with E-state index in [1.165, 1.54) is 0 Å². The number of aromatic nitrogens is 2. The fourth-order valence-electron chi connectivity index (χ4n) is 2.87. The lowest BCUT2D eigenvalue weighted by molar-refractivity contribution is -0.135. The number of rotatable bonds is 5. The number of carbonyl (C=O) groups is 1. The van der Waals surface area contributed by atoms with Gasteiger partial charge in [-0.05, 0) is 13.0 Å². The Morgan fingerprint density at radius 2 is 1.87 bits per heavy atom. The van der Waals surface area contributed by atoms with Crippen LogP contribution in [0, 0.1) is 5.92 Å². The molecule has 1 aliphatic rings. The zero-order chi connectivity index (χ0) is 15.4. The third kappa shape index (κ3) is 5.95. The molecule has 2 heterocycles. The fourth-order valence-corrected chi connectivity index (χ4v) is 2.87. The molecule has 1 aromatic heterocycles. The summed E-state index contributed by atoms with van der Waals surface area (Å²) in [6.45, 7) is 9.13. The number of likely N-dealkylation sites (N-methyl/N-ethyl adjacent to an activating group) is 1. The molecule has 1 unspecified atom stereocenters. The largest absolute Gasteiger partial charge is 0.338 e. The number of nitrogens with zero attached hydrogens (tertiary/aromatic N) is 4. The van der Waals surface area contributed by atoms with Crippen molar-refractivity contribution < 1.29 is 4.79 Å². The van der Waals surface area contributed by atoms with Crippen molar-refractivity contribution in [3.8, 4) is 0 Å². The van der Waals surface area contributed by atoms with E-state index in [4.69, 9.17) is 0 Å². The molecule has 1 fully saturated rings. The average Bonchev–Trinajstić information content (AvgIpc) is 2.86. The molecule has 1 aliphatic heterocycles. The summed E-state index contributed by atoms with van der Waals surface area (Å²) < 4.78 is 1.73. The van der Waals surface area contributed by atoms with Gasteiger partial charge in [0, 0.05) is 51.5 Å². The topological polar surface area (TPSA) is 53.4 Å². The van der Waals surface area contributed by atoms with Crippen LogP contribution in [0.15, 0.2) is 12.4 Å². The van der Waals surface area contributed by atoms with Gasteiger partial charge in [-0.25, -0.2) is 0 Å². The molecular formula is C15H29Cl2N5O. The summed E-state index contributed by atoms with van der Waals surface area (Å²) in [5.74, 6) is 0.822. The highest BCUT2D eigenvalue weighted by atomic mass is 35.5. The lowest BCUT2D eigenvalue weighted by atomic mass is 10.1. The summed E-state index contributed by atoms with van der Waals surface area (Å²) in [6.07, 6.45) is 3.65. The molecule has 0 radical (unpaired) electrons. The van der Waals surface area contributed by atoms with Crippen LogP contribution in [0.25, 0.3) is 0 Å². The summed E-state index contributed by atoms with van der Waals surface area (Å²) >= 11 is 0. The average molecular weight is 366 g/mol. The zero-order valence-electron chi connectivity index (χ0n) is 14.4. The first-order valence-corrected chi connectivity index (χ1v) is 7.68. The second-order valence-electron chi connectivity index (χ2n) is 6.19. The smallest absolute Gasteiger partial charge is 0.244 e. The Hall–Kier alpha value is -0.820. The summed E-state index contributed by atoms with van der Waals surface area (Å²) in [7, 11) is 3.69. The van der Waals surface area contributed by atoms with Crippen molar-refractivity contribution in [3.63, 3.8) is 0 Å². The van der Waals surface area contributed by atoms with Crippen LogP contribution >= 0.6 is 24.8 Å². The van der Waals surface area contributed by atoms with Gasteiger partial charge in [-0.2, -0.15) is 5.10 Å². The predicted molar refractivity (Wildman–Crippen MR) is 97.4 cm³/mol. The quantitative estimate of drug-likeness (QED) is 0.854. The molecule has 1 aromatic rings. The monoisotopic (exact) mass is 365 g/mol. The predicted octanol–water partition coefficient (Wildman–Crippen LogP) is 1.32. The number of piperazine rings is 1. The van der Waals surface area contributed by atoms with Gasteiger partial charge in [0.05, 0.1) is 6.20 Å². The first kappa shape index (κ1) is 22.2. The Morgan fingerprint density at radius 3 is 2.30 bits per heavy atom. The van der Waals surface area contributed by atoms with Crippen LogP contribution in [-0.2, 0) is 11.8 Å². The van der Waals surface area contributed by atoms with Gasteiger partial charge >= 0.3 is 0 Å². The van der Waals surface area contributed by atoms with Crippen molar-refractivity contribution in [2.45, 2.75) is 19.9 Å². The molecule has 134 valence electrons. The minimum Gasteiger partial charge on any atom is -0.338 e. The molecule has 23 heavy (non-hydrogen) atoms. The summed E-state index contributed by atoms with van der Waals surface area (Å²) in [5, 5.41) is 7.27. The summed E-state index contributed by atoms with van der Waals surface area (Å²) in [6, 6.07) is -0.296. The molecule has 0 bridgehead atoms. The van der Waals surface area contributed by atoms with E-state index in [2.05, 4.69) is 29.2 Å². The lowest BCUT2D eigenvalue weighted by Crippen LogP contribution is -2.51. The van der Waals surface area contributed by atoms with E-state index in [0.717, 1.165) is 38.3 Å². The van der Waals surface area contributed by atoms with Crippen LogP contribution in [-0.4, -0.2) is 65.3 Å². The first-order valence-electron chi connectivity index (χ1n) is 7.68. The SMILES string of the molecule is CNC(C(=O)N1CCN(CC(C)C)CC1)c1cnn(C)c1.Cl.Cl. The van der Waals surface area contributed by atoms with Crippen molar-refractivity contribution in [2.24, 2.45) is 13.0 Å². The Kier molecular flexibility index (Phi) is 9.77. The number of hydrogen-bond acceptors (Lipinski definition) is 4. The maximum atomic E-state index is 12.7. The number of halogens is 2. The molecule has 1 saturated heterocycles. The van der Waals surface area contributed by atoms with E-state index in [1.807, 2.05) is 25.2 Å². The molecule has 0 aromatic carbocycles. The third-order valence-electron chi connectivity index (χ3n) is 3.90. The van der Waals surface area contributed by atoms with Gasteiger partial charge in [-0.1, -0.05) is 13.8 Å². The third-order valence-corrected chi connectivity index (χ3v) is 3.90. The highest BCUT2D eigenvalue weighted by molar-refractivity contribution is 5.85. The van der Waals surface area contributed by atoms with Gasteiger partial charge in [0.15, 0.2) is 0 Å². The van der Waals surface area contributed by atoms with Crippen LogP contribution in [0.4, 0.5) is 0 Å². The number of aryl methyl sites for hydroxylation is 1. The summed E-state index contributed by atoms with van der Waals surface area (Å²) in [4.78, 5) is 17.1. The molecule has 1 N–H and O–H groups in total. The molecule has 8 heteroatoms. The van der Waals surface area contributed by atoms with Crippen molar-refractivity contribution >= 4 is 30.7 Å². The molecule has 0 saturated carbocycles. The maximum absolute atomic E-state index is 12.7. The van der Waals surface area contributed by atoms with Gasteiger partial charge in [-0.15, -0.1) is 24.8 Å². The van der Waals surface area contributed by atoms with Crippen LogP contribution in [0.1, 0.15) is 25.5 Å². The lowest BCUT2D eigenvalue weighted by Gasteiger charge is -2.37. The second kappa shape index (κ2) is 10.1. The second-order valence-corrected chi connectivity index (χ2v) is 6.19. The Morgan fingerprint density at radius 1 is 1.26 bits per heavy atom. The van der Waals surface area contributed by atoms with Crippen molar-refractivity contribution in [1.29, 1.82) is 0 Å². The molecule has 1 amide bonds. The molecule has 2 rings (SSSR count). The number of hydrogen-bond donors (Lipinski definition) is 1. The Labute approximate surface area is 151 Å². The summed E-state index contributed by atoms with van der Waals surface area (Å²) in [5.41, 5.74) is 0.926. The van der Waals surface area contributed by atoms with Crippen LogP contribution in [0.2, 0.25) is 0 Å². The number of carbonyl (C=O) groups excluding carboxylic acids is 1. The van der Waals surface area contributed by atoms with E-state index in [0.29, 0.717) is 5.92 Å². The van der Waals surface area contributed by atoms with E-state index < -0.39 is 0 Å². The van der Waals surface area contributed by atoms with Crippen LogP contribution in [0.5, 0.6) is 0 Å². The number of nitrogens with one attached hydrogen (secondary N) is 1. The highest BCUT2D eigenvalue weighted by Crippen LogP contribution is 2.16. The van der Waals surface area contributed by atoms with Gasteiger partial charge in [0.2, 0.25) is 5.91 Å². The molecule has 0 spiro atoms. The van der Waals surface area contributed by atoms with Crippen molar-refractivity contribution in [1.82, 2.24) is 24.9 Å². The van der Waals surface area contributed by atoms with Crippen LogP contribution < -0.4 is 5.32 Å². The first-order chi connectivity index (χ1) is 10.0. The molecular weight excluding hydrogens is 337 g/mol. The van der Waals surface area contributed by atoms with Crippen molar-refractivity contribution in [3.05, 3.63) is 18.0 Å². The minimum absolute atomic E-state index is 0. The Balaban J connectivity index is 0.00000242. The van der Waals surface area contributed by atoms with Crippen LogP contribution in [0.3, 0.4) is 0 Å². The molecule has 6 nitrogen and oxygen atoms in total. The van der Waals surface area contributed by atoms with Gasteiger partial charge in [0.1, 0.15) is 6.04 Å². The number of amides is 1. The standard InChI is InChI=1S/C15H27N5O.2ClH/c1-12(2)10-19-5-7-20(8-6-19)15(21)14(16-3)13-9-17-18(4)11-13;;/h9,11-12,14,16H,5-8,10H2,1-4H3;2*1H. The van der Waals surface area contributed by atoms with Gasteiger partial charge in [0.25, 0.3) is 0 Å². The van der Waals surface area contributed by atoms with E-state index in [1.54, 1.807) is 10.9 Å². The highest BCUT2D eigenvalue weighted by Gasteiger charge is 2.28. The van der Waals surface area contributed by atoms with Crippen molar-refractivity contribution in [2.75, 3.05) is 39.8 Å². The molecule has 1 atom stereocenters. The molecule has 0 aliphatic carbocycles. The fraction of sp³-hybridized carbons (Fsp3) is 0.733. The van der Waals surface area contributed by atoms with E-state index in [9.17, 15) is 4.79 Å². The van der Waals surface area contributed by atoms with E-state index in [-0.39, 0.29) is 36.8 Å². The minimum atomic E-state index is -0.296. The normalized spacial score (nSPS) is 16.7. The van der Waals surface area contributed by atoms with E-state index >= 15 is 0 Å². The Bertz CT molecular complexity index is 472. The van der Waals surface area contributed by atoms with Gasteiger partial charge in [-0.3, -0.25) is 14.4 Å². The zero-order valence-corrected chi connectivity index (χ0v) is 16.0. The maximum Gasteiger partial charge on any atom is 0.244 e. The van der Waals surface area contributed by atoms with Gasteiger partial charge < -0.3 is 10.2 Å².